The van der Waals surface area contributed by atoms with Gasteiger partial charge in [-0.2, -0.15) is 0 Å². The number of aryl methyl sites for hydroxylation is 2. The largest absolute Gasteiger partial charge is 0.314 e. The van der Waals surface area contributed by atoms with Crippen molar-refractivity contribution in [2.45, 2.75) is 45.6 Å². The second-order valence-electron chi connectivity index (χ2n) is 6.15. The van der Waals surface area contributed by atoms with Gasteiger partial charge in [-0.3, -0.25) is 0 Å². The summed E-state index contributed by atoms with van der Waals surface area (Å²) in [4.78, 5) is 0. The first kappa shape index (κ1) is 15.8. The maximum absolute atomic E-state index is 3.67. The molecule has 2 rings (SSSR count). The van der Waals surface area contributed by atoms with Crippen LogP contribution in [0.3, 0.4) is 0 Å². The molecule has 0 saturated heterocycles. The first-order chi connectivity index (χ1) is 10.1. The lowest BCUT2D eigenvalue weighted by atomic mass is 10.00. The molecule has 0 saturated carbocycles. The number of nitrogens with one attached hydrogen (secondary N) is 1. The minimum Gasteiger partial charge on any atom is -0.314 e. The van der Waals surface area contributed by atoms with E-state index in [4.69, 9.17) is 0 Å². The van der Waals surface area contributed by atoms with Crippen LogP contribution in [0.25, 0.3) is 0 Å². The van der Waals surface area contributed by atoms with Crippen molar-refractivity contribution in [2.75, 3.05) is 6.54 Å². The molecule has 0 aliphatic rings. The molecule has 2 aromatic carbocycles. The van der Waals surface area contributed by atoms with E-state index in [2.05, 4.69) is 80.7 Å². The predicted octanol–water partition coefficient (Wildman–Crippen LogP) is 4.71. The first-order valence-corrected chi connectivity index (χ1v) is 7.99. The van der Waals surface area contributed by atoms with Gasteiger partial charge in [0, 0.05) is 12.6 Å². The summed E-state index contributed by atoms with van der Waals surface area (Å²) in [7, 11) is 0. The highest BCUT2D eigenvalue weighted by atomic mass is 14.9. The van der Waals surface area contributed by atoms with Gasteiger partial charge in [0.05, 0.1) is 0 Å². The van der Waals surface area contributed by atoms with Crippen molar-refractivity contribution in [3.8, 4) is 0 Å². The number of hydrogen-bond donors (Lipinski definition) is 1. The first-order valence-electron chi connectivity index (χ1n) is 7.99. The van der Waals surface area contributed by atoms with E-state index >= 15 is 0 Å². The molecule has 2 aromatic rings. The average Bonchev–Trinajstić information content (AvgIpc) is 2.51. The van der Waals surface area contributed by atoms with E-state index in [0.29, 0.717) is 12.0 Å². The third-order valence-electron chi connectivity index (χ3n) is 4.09. The maximum Gasteiger partial charge on any atom is 0.00421 e. The highest BCUT2D eigenvalue weighted by Gasteiger charge is 2.07. The normalized spacial score (nSPS) is 13.9. The molecule has 0 aliphatic carbocycles. The number of benzene rings is 2. The van der Waals surface area contributed by atoms with Crippen LogP contribution in [0.1, 0.15) is 42.9 Å². The lowest BCUT2D eigenvalue weighted by molar-refractivity contribution is 0.492. The summed E-state index contributed by atoms with van der Waals surface area (Å²) in [5, 5.41) is 3.67. The lowest BCUT2D eigenvalue weighted by Gasteiger charge is -2.18. The standard InChI is InChI=1S/C20H27N/c1-16-8-7-9-19(14-16)13-12-18(3)21-15-17(2)20-10-5-4-6-11-20/h4-11,14,17-18,21H,12-13,15H2,1-3H3. The zero-order valence-electron chi connectivity index (χ0n) is 13.5. The van der Waals surface area contributed by atoms with Crippen LogP contribution in [0.15, 0.2) is 54.6 Å². The van der Waals surface area contributed by atoms with Crippen LogP contribution in [0.2, 0.25) is 0 Å². The van der Waals surface area contributed by atoms with Crippen LogP contribution in [0, 0.1) is 6.92 Å². The highest BCUT2D eigenvalue weighted by molar-refractivity contribution is 5.22. The topological polar surface area (TPSA) is 12.0 Å². The molecular weight excluding hydrogens is 254 g/mol. The lowest BCUT2D eigenvalue weighted by Crippen LogP contribution is -2.30. The molecule has 1 N–H and O–H groups in total. The Morgan fingerprint density at radius 3 is 2.43 bits per heavy atom. The Kier molecular flexibility index (Phi) is 6.01. The second-order valence-corrected chi connectivity index (χ2v) is 6.15. The van der Waals surface area contributed by atoms with Crippen LogP contribution in [0.4, 0.5) is 0 Å². The predicted molar refractivity (Wildman–Crippen MR) is 91.8 cm³/mol. The molecule has 0 radical (unpaired) electrons. The van der Waals surface area contributed by atoms with Gasteiger partial charge in [-0.05, 0) is 43.7 Å². The van der Waals surface area contributed by atoms with Gasteiger partial charge in [-0.25, -0.2) is 0 Å². The smallest absolute Gasteiger partial charge is 0.00421 e. The van der Waals surface area contributed by atoms with Crippen molar-refractivity contribution in [2.24, 2.45) is 0 Å². The fraction of sp³-hybridized carbons (Fsp3) is 0.400. The summed E-state index contributed by atoms with van der Waals surface area (Å²) in [5.41, 5.74) is 4.21. The Morgan fingerprint density at radius 2 is 1.71 bits per heavy atom. The van der Waals surface area contributed by atoms with Crippen LogP contribution in [-0.2, 0) is 6.42 Å². The summed E-state index contributed by atoms with van der Waals surface area (Å²) < 4.78 is 0. The Labute approximate surface area is 129 Å². The van der Waals surface area contributed by atoms with Crippen LogP contribution < -0.4 is 5.32 Å². The van der Waals surface area contributed by atoms with E-state index in [-0.39, 0.29) is 0 Å². The van der Waals surface area contributed by atoms with Crippen molar-refractivity contribution < 1.29 is 0 Å². The quantitative estimate of drug-likeness (QED) is 0.775. The van der Waals surface area contributed by atoms with Gasteiger partial charge in [0.15, 0.2) is 0 Å². The summed E-state index contributed by atoms with van der Waals surface area (Å²) >= 11 is 0. The molecule has 0 spiro atoms. The van der Waals surface area contributed by atoms with E-state index < -0.39 is 0 Å². The van der Waals surface area contributed by atoms with Gasteiger partial charge < -0.3 is 5.32 Å². The minimum absolute atomic E-state index is 0.552. The zero-order chi connectivity index (χ0) is 15.1. The Balaban J connectivity index is 1.73. The molecule has 112 valence electrons. The summed E-state index contributed by atoms with van der Waals surface area (Å²) in [6, 6.07) is 20.1. The molecule has 2 atom stereocenters. The molecular formula is C20H27N. The van der Waals surface area contributed by atoms with Gasteiger partial charge in [0.1, 0.15) is 0 Å². The maximum atomic E-state index is 3.67. The highest BCUT2D eigenvalue weighted by Crippen LogP contribution is 2.14. The van der Waals surface area contributed by atoms with Gasteiger partial charge in [0.25, 0.3) is 0 Å². The fourth-order valence-corrected chi connectivity index (χ4v) is 2.63. The number of hydrogen-bond acceptors (Lipinski definition) is 1. The van der Waals surface area contributed by atoms with Crippen molar-refractivity contribution in [3.05, 3.63) is 71.3 Å². The SMILES string of the molecule is Cc1cccc(CCC(C)NCC(C)c2ccccc2)c1. The monoisotopic (exact) mass is 281 g/mol. The Morgan fingerprint density at radius 1 is 0.952 bits per heavy atom. The van der Waals surface area contributed by atoms with Crippen LogP contribution in [-0.4, -0.2) is 12.6 Å². The summed E-state index contributed by atoms with van der Waals surface area (Å²) in [5.74, 6) is 0.563. The molecule has 1 heteroatoms. The van der Waals surface area contributed by atoms with E-state index in [1.54, 1.807) is 0 Å². The zero-order valence-corrected chi connectivity index (χ0v) is 13.5. The summed E-state index contributed by atoms with van der Waals surface area (Å²) in [6.45, 7) is 7.77. The third kappa shape index (κ3) is 5.35. The molecule has 0 aliphatic heterocycles. The molecule has 0 aromatic heterocycles. The molecule has 0 amide bonds. The average molecular weight is 281 g/mol. The molecule has 2 unspecified atom stereocenters. The summed E-state index contributed by atoms with van der Waals surface area (Å²) in [6.07, 6.45) is 2.33. The van der Waals surface area contributed by atoms with Gasteiger partial charge >= 0.3 is 0 Å². The van der Waals surface area contributed by atoms with Crippen molar-refractivity contribution >= 4 is 0 Å². The Hall–Kier alpha value is -1.60. The van der Waals surface area contributed by atoms with E-state index in [0.717, 1.165) is 13.0 Å². The molecule has 0 heterocycles. The fourth-order valence-electron chi connectivity index (χ4n) is 2.63. The van der Waals surface area contributed by atoms with Gasteiger partial charge in [-0.15, -0.1) is 0 Å². The van der Waals surface area contributed by atoms with Crippen molar-refractivity contribution in [1.29, 1.82) is 0 Å². The molecule has 21 heavy (non-hydrogen) atoms. The van der Waals surface area contributed by atoms with E-state index in [1.165, 1.54) is 23.1 Å². The van der Waals surface area contributed by atoms with Crippen molar-refractivity contribution in [1.82, 2.24) is 5.32 Å². The number of rotatable bonds is 7. The van der Waals surface area contributed by atoms with Gasteiger partial charge in [0.2, 0.25) is 0 Å². The van der Waals surface area contributed by atoms with E-state index in [9.17, 15) is 0 Å². The molecule has 1 nitrogen and oxygen atoms in total. The minimum atomic E-state index is 0.552. The van der Waals surface area contributed by atoms with Crippen molar-refractivity contribution in [3.63, 3.8) is 0 Å². The van der Waals surface area contributed by atoms with Crippen LogP contribution >= 0.6 is 0 Å². The second kappa shape index (κ2) is 7.99. The Bertz CT molecular complexity index is 533. The van der Waals surface area contributed by atoms with E-state index in [1.807, 2.05) is 0 Å². The van der Waals surface area contributed by atoms with Gasteiger partial charge in [-0.1, -0.05) is 67.1 Å². The van der Waals surface area contributed by atoms with Crippen LogP contribution in [0.5, 0.6) is 0 Å². The molecule has 0 bridgehead atoms. The third-order valence-corrected chi connectivity index (χ3v) is 4.09. The molecule has 0 fully saturated rings.